The molecule has 260 valence electrons. The van der Waals surface area contributed by atoms with Crippen molar-refractivity contribution in [1.82, 2.24) is 15.0 Å². The van der Waals surface area contributed by atoms with Crippen LogP contribution in [0.2, 0.25) is 0 Å². The number of benzene rings is 9. The van der Waals surface area contributed by atoms with Gasteiger partial charge in [0.15, 0.2) is 17.5 Å². The number of fused-ring (bicyclic) bond motifs is 4. The third kappa shape index (κ3) is 5.40. The molecular weight excluding hydrogens is 679 g/mol. The number of hydrogen-bond donors (Lipinski definition) is 0. The fourth-order valence-electron chi connectivity index (χ4n) is 8.41. The summed E-state index contributed by atoms with van der Waals surface area (Å²) in [6, 6.07) is 71.3. The van der Waals surface area contributed by atoms with Gasteiger partial charge in [0, 0.05) is 16.7 Å². The molecule has 0 N–H and O–H groups in total. The molecule has 1 heterocycles. The number of nitrogens with zero attached hydrogens (tertiary/aromatic N) is 3. The lowest BCUT2D eigenvalue weighted by molar-refractivity contribution is 1.07. The minimum absolute atomic E-state index is 0.637. The monoisotopic (exact) mass is 711 g/mol. The molecule has 0 saturated carbocycles. The van der Waals surface area contributed by atoms with E-state index in [4.69, 9.17) is 15.0 Å². The van der Waals surface area contributed by atoms with Crippen LogP contribution in [0.25, 0.3) is 111 Å². The lowest BCUT2D eigenvalue weighted by atomic mass is 9.88. The Bertz CT molecular complexity index is 3070. The highest BCUT2D eigenvalue weighted by molar-refractivity contribution is 6.15. The number of hydrogen-bond acceptors (Lipinski definition) is 3. The summed E-state index contributed by atoms with van der Waals surface area (Å²) < 4.78 is 0. The Morgan fingerprint density at radius 2 is 0.750 bits per heavy atom. The average molecular weight is 712 g/mol. The predicted molar refractivity (Wildman–Crippen MR) is 232 cm³/mol. The Hall–Kier alpha value is -7.49. The largest absolute Gasteiger partial charge is 0.208 e. The molecule has 3 nitrogen and oxygen atoms in total. The molecule has 0 fully saturated rings. The van der Waals surface area contributed by atoms with Crippen molar-refractivity contribution in [2.24, 2.45) is 0 Å². The number of aromatic nitrogens is 3. The summed E-state index contributed by atoms with van der Waals surface area (Å²) in [5.41, 5.74) is 15.1. The van der Waals surface area contributed by atoms with Gasteiger partial charge < -0.3 is 0 Å². The fraction of sp³-hybridized carbons (Fsp3) is 0. The van der Waals surface area contributed by atoms with Gasteiger partial charge in [0.2, 0.25) is 0 Å². The van der Waals surface area contributed by atoms with Gasteiger partial charge in [-0.05, 0) is 95.4 Å². The zero-order valence-corrected chi connectivity index (χ0v) is 30.4. The molecule has 1 aliphatic rings. The first kappa shape index (κ1) is 32.0. The summed E-state index contributed by atoms with van der Waals surface area (Å²) in [5.74, 6) is 1.93. The van der Waals surface area contributed by atoms with E-state index in [0.29, 0.717) is 17.5 Å². The van der Waals surface area contributed by atoms with Crippen LogP contribution in [0.15, 0.2) is 200 Å². The first-order valence-corrected chi connectivity index (χ1v) is 19.0. The Morgan fingerprint density at radius 3 is 1.48 bits per heavy atom. The van der Waals surface area contributed by atoms with Gasteiger partial charge in [0.1, 0.15) is 0 Å². The summed E-state index contributed by atoms with van der Waals surface area (Å²) in [4.78, 5) is 15.0. The molecule has 0 unspecified atom stereocenters. The molecule has 1 aliphatic carbocycles. The Labute approximate surface area is 325 Å². The SMILES string of the molecule is c1ccc(-c2nc(-c3ccccc3)nc(-c3cccc(-c4c(-c5cccc(-c6ccc7c(c6)-c6cccc8cccc-7c68)c5)ccc5ccccc45)c3)n2)cc1. The smallest absolute Gasteiger partial charge is 0.164 e. The van der Waals surface area contributed by atoms with Crippen molar-refractivity contribution >= 4 is 21.5 Å². The second kappa shape index (κ2) is 13.1. The third-order valence-corrected chi connectivity index (χ3v) is 11.0. The molecule has 0 saturated heterocycles. The standard InChI is InChI=1S/C53H33N3/c1-3-14-36(15-4-1)51-54-52(37-16-5-2-6-17-37)56-53(55-51)42-23-10-22-41(32-42)50-43-24-8-7-13-34(43)27-29-44(50)40-21-9-20-38(31-40)39-28-30-45-46-25-11-18-35-19-12-26-47(49(35)46)48(45)33-39/h1-33H. The molecule has 3 heteroatoms. The van der Waals surface area contributed by atoms with E-state index in [1.54, 1.807) is 0 Å². The summed E-state index contributed by atoms with van der Waals surface area (Å²) in [6.45, 7) is 0. The van der Waals surface area contributed by atoms with E-state index in [1.807, 2.05) is 60.7 Å². The Kier molecular flexibility index (Phi) is 7.49. The third-order valence-electron chi connectivity index (χ3n) is 11.0. The summed E-state index contributed by atoms with van der Waals surface area (Å²) >= 11 is 0. The molecule has 0 atom stereocenters. The summed E-state index contributed by atoms with van der Waals surface area (Å²) in [7, 11) is 0. The number of rotatable bonds is 6. The zero-order chi connectivity index (χ0) is 37.0. The van der Waals surface area contributed by atoms with Crippen molar-refractivity contribution in [2.45, 2.75) is 0 Å². The molecule has 56 heavy (non-hydrogen) atoms. The zero-order valence-electron chi connectivity index (χ0n) is 30.4. The van der Waals surface area contributed by atoms with Gasteiger partial charge in [0.25, 0.3) is 0 Å². The van der Waals surface area contributed by atoms with Crippen LogP contribution in [-0.4, -0.2) is 15.0 Å². The Morgan fingerprint density at radius 1 is 0.250 bits per heavy atom. The average Bonchev–Trinajstić information content (AvgIpc) is 3.60. The van der Waals surface area contributed by atoms with Crippen LogP contribution in [-0.2, 0) is 0 Å². The minimum Gasteiger partial charge on any atom is -0.208 e. The fourth-order valence-corrected chi connectivity index (χ4v) is 8.41. The molecule has 10 aromatic rings. The quantitative estimate of drug-likeness (QED) is 0.172. The van der Waals surface area contributed by atoms with Crippen molar-refractivity contribution in [3.8, 4) is 89.8 Å². The minimum atomic E-state index is 0.637. The van der Waals surface area contributed by atoms with Crippen LogP contribution in [0.1, 0.15) is 0 Å². The van der Waals surface area contributed by atoms with Gasteiger partial charge in [-0.2, -0.15) is 0 Å². The van der Waals surface area contributed by atoms with Crippen molar-refractivity contribution in [3.63, 3.8) is 0 Å². The normalized spacial score (nSPS) is 11.6. The topological polar surface area (TPSA) is 38.7 Å². The van der Waals surface area contributed by atoms with E-state index in [0.717, 1.165) is 27.8 Å². The van der Waals surface area contributed by atoms with Gasteiger partial charge in [-0.25, -0.2) is 15.0 Å². The molecule has 0 spiro atoms. The molecule has 1 aromatic heterocycles. The highest BCUT2D eigenvalue weighted by Gasteiger charge is 2.22. The summed E-state index contributed by atoms with van der Waals surface area (Å²) in [6.07, 6.45) is 0. The van der Waals surface area contributed by atoms with Crippen LogP contribution in [0, 0.1) is 0 Å². The van der Waals surface area contributed by atoms with Gasteiger partial charge in [-0.1, -0.05) is 182 Å². The van der Waals surface area contributed by atoms with Crippen LogP contribution >= 0.6 is 0 Å². The van der Waals surface area contributed by atoms with Crippen LogP contribution in [0.3, 0.4) is 0 Å². The van der Waals surface area contributed by atoms with E-state index in [-0.39, 0.29) is 0 Å². The predicted octanol–water partition coefficient (Wildman–Crippen LogP) is 13.8. The van der Waals surface area contributed by atoms with E-state index < -0.39 is 0 Å². The van der Waals surface area contributed by atoms with Crippen LogP contribution in [0.4, 0.5) is 0 Å². The van der Waals surface area contributed by atoms with Gasteiger partial charge in [-0.15, -0.1) is 0 Å². The molecular formula is C53H33N3. The Balaban J connectivity index is 1.04. The second-order valence-corrected chi connectivity index (χ2v) is 14.4. The van der Waals surface area contributed by atoms with Gasteiger partial charge in [0.05, 0.1) is 0 Å². The molecule has 9 aromatic carbocycles. The van der Waals surface area contributed by atoms with E-state index in [2.05, 4.69) is 140 Å². The molecule has 0 aliphatic heterocycles. The van der Waals surface area contributed by atoms with Gasteiger partial charge >= 0.3 is 0 Å². The maximum Gasteiger partial charge on any atom is 0.164 e. The van der Waals surface area contributed by atoms with Gasteiger partial charge in [-0.3, -0.25) is 0 Å². The maximum atomic E-state index is 5.05. The van der Waals surface area contributed by atoms with Crippen molar-refractivity contribution < 1.29 is 0 Å². The molecule has 0 bridgehead atoms. The molecule has 0 radical (unpaired) electrons. The van der Waals surface area contributed by atoms with Crippen LogP contribution < -0.4 is 0 Å². The van der Waals surface area contributed by atoms with E-state index in [9.17, 15) is 0 Å². The van der Waals surface area contributed by atoms with Crippen molar-refractivity contribution in [3.05, 3.63) is 200 Å². The summed E-state index contributed by atoms with van der Waals surface area (Å²) in [5, 5.41) is 5.03. The highest BCUT2D eigenvalue weighted by atomic mass is 15.0. The van der Waals surface area contributed by atoms with Crippen molar-refractivity contribution in [1.29, 1.82) is 0 Å². The second-order valence-electron chi connectivity index (χ2n) is 14.4. The molecule has 0 amide bonds. The van der Waals surface area contributed by atoms with Crippen LogP contribution in [0.5, 0.6) is 0 Å². The molecule has 11 rings (SSSR count). The first-order valence-electron chi connectivity index (χ1n) is 19.0. The van der Waals surface area contributed by atoms with E-state index >= 15 is 0 Å². The van der Waals surface area contributed by atoms with Crippen molar-refractivity contribution in [2.75, 3.05) is 0 Å². The lowest BCUT2D eigenvalue weighted by Gasteiger charge is -2.16. The highest BCUT2D eigenvalue weighted by Crippen LogP contribution is 2.48. The van der Waals surface area contributed by atoms with E-state index in [1.165, 1.54) is 66.1 Å². The lowest BCUT2D eigenvalue weighted by Crippen LogP contribution is -2.00. The maximum absolute atomic E-state index is 5.05. The first-order chi connectivity index (χ1) is 27.7.